The number of ether oxygens (including phenoxy) is 3. The van der Waals surface area contributed by atoms with Crippen LogP contribution in [0.1, 0.15) is 34.0 Å². The zero-order valence-corrected chi connectivity index (χ0v) is 21.9. The molecule has 3 aromatic carbocycles. The molecule has 0 saturated carbocycles. The van der Waals surface area contributed by atoms with E-state index in [1.54, 1.807) is 30.3 Å². The second-order valence-corrected chi connectivity index (χ2v) is 8.41. The Morgan fingerprint density at radius 1 is 1.08 bits per heavy atom. The third kappa shape index (κ3) is 7.25. The third-order valence-corrected chi connectivity index (χ3v) is 5.76. The summed E-state index contributed by atoms with van der Waals surface area (Å²) in [6, 6.07) is 19.1. The van der Waals surface area contributed by atoms with Crippen molar-refractivity contribution in [1.29, 1.82) is 5.26 Å². The predicted octanol–water partition coefficient (Wildman–Crippen LogP) is 6.38. The number of nitriles is 1. The standard InChI is InChI=1S/C30H27ClN2O5/c1-4-8-22-15-20(17-27(37-5-2)28(22)38-19-23-9-6-7-10-26(23)31)16-24(18-32)29(34)33-25-13-11-21(12-14-25)30(35)36-3/h4,6-7,9-17H,1,5,8,19H2,2-3H3,(H,33,34)/b24-16+. The summed E-state index contributed by atoms with van der Waals surface area (Å²) in [6.07, 6.45) is 3.68. The van der Waals surface area contributed by atoms with Crippen molar-refractivity contribution in [3.63, 3.8) is 0 Å². The van der Waals surface area contributed by atoms with Gasteiger partial charge in [-0.1, -0.05) is 35.9 Å². The van der Waals surface area contributed by atoms with Gasteiger partial charge in [0, 0.05) is 21.8 Å². The van der Waals surface area contributed by atoms with Crippen LogP contribution in [0.2, 0.25) is 5.02 Å². The largest absolute Gasteiger partial charge is 0.490 e. The van der Waals surface area contributed by atoms with E-state index >= 15 is 0 Å². The van der Waals surface area contributed by atoms with Crippen molar-refractivity contribution in [3.8, 4) is 17.6 Å². The quantitative estimate of drug-likeness (QED) is 0.134. The van der Waals surface area contributed by atoms with Crippen LogP contribution in [-0.4, -0.2) is 25.6 Å². The highest BCUT2D eigenvalue weighted by atomic mass is 35.5. The first-order valence-electron chi connectivity index (χ1n) is 11.8. The maximum atomic E-state index is 12.8. The van der Waals surface area contributed by atoms with E-state index in [0.717, 1.165) is 11.1 Å². The van der Waals surface area contributed by atoms with Crippen LogP contribution in [0.15, 0.2) is 78.9 Å². The average molecular weight is 531 g/mol. The molecule has 0 radical (unpaired) electrons. The molecular weight excluding hydrogens is 504 g/mol. The maximum absolute atomic E-state index is 12.8. The van der Waals surface area contributed by atoms with Gasteiger partial charge in [0.15, 0.2) is 11.5 Å². The number of esters is 1. The fourth-order valence-corrected chi connectivity index (χ4v) is 3.78. The van der Waals surface area contributed by atoms with E-state index in [2.05, 4.69) is 16.6 Å². The van der Waals surface area contributed by atoms with E-state index in [-0.39, 0.29) is 12.2 Å². The predicted molar refractivity (Wildman–Crippen MR) is 147 cm³/mol. The second-order valence-electron chi connectivity index (χ2n) is 8.01. The van der Waals surface area contributed by atoms with Gasteiger partial charge in [-0.3, -0.25) is 4.79 Å². The summed E-state index contributed by atoms with van der Waals surface area (Å²) >= 11 is 6.28. The number of nitrogens with one attached hydrogen (secondary N) is 1. The monoisotopic (exact) mass is 530 g/mol. The van der Waals surface area contributed by atoms with E-state index in [0.29, 0.717) is 46.4 Å². The Kier molecular flexibility index (Phi) is 10.1. The summed E-state index contributed by atoms with van der Waals surface area (Å²) < 4.78 is 16.7. The molecule has 38 heavy (non-hydrogen) atoms. The number of benzene rings is 3. The molecule has 0 fully saturated rings. The van der Waals surface area contributed by atoms with Crippen LogP contribution < -0.4 is 14.8 Å². The van der Waals surface area contributed by atoms with Gasteiger partial charge in [-0.2, -0.15) is 5.26 Å². The number of carbonyl (C=O) groups is 2. The number of hydrogen-bond acceptors (Lipinski definition) is 6. The highest BCUT2D eigenvalue weighted by molar-refractivity contribution is 6.31. The number of hydrogen-bond donors (Lipinski definition) is 1. The number of anilines is 1. The third-order valence-electron chi connectivity index (χ3n) is 5.39. The molecule has 0 aliphatic rings. The van der Waals surface area contributed by atoms with Crippen LogP contribution in [0.5, 0.6) is 11.5 Å². The molecule has 0 saturated heterocycles. The minimum absolute atomic E-state index is 0.112. The maximum Gasteiger partial charge on any atom is 0.337 e. The van der Waals surface area contributed by atoms with Crippen molar-refractivity contribution >= 4 is 35.2 Å². The molecule has 1 amide bonds. The highest BCUT2D eigenvalue weighted by Gasteiger charge is 2.16. The Morgan fingerprint density at radius 2 is 1.82 bits per heavy atom. The Balaban J connectivity index is 1.89. The normalized spacial score (nSPS) is 10.7. The van der Waals surface area contributed by atoms with Crippen molar-refractivity contribution in [2.75, 3.05) is 19.0 Å². The van der Waals surface area contributed by atoms with Crippen molar-refractivity contribution in [1.82, 2.24) is 0 Å². The molecule has 0 aliphatic carbocycles. The van der Waals surface area contributed by atoms with Gasteiger partial charge >= 0.3 is 5.97 Å². The van der Waals surface area contributed by atoms with Gasteiger partial charge in [0.25, 0.3) is 5.91 Å². The van der Waals surface area contributed by atoms with Crippen LogP contribution in [-0.2, 0) is 22.6 Å². The molecule has 3 aromatic rings. The summed E-state index contributed by atoms with van der Waals surface area (Å²) in [5, 5.41) is 13.0. The SMILES string of the molecule is C=CCc1cc(/C=C(\C#N)C(=O)Nc2ccc(C(=O)OC)cc2)cc(OCC)c1OCc1ccccc1Cl. The molecule has 0 spiro atoms. The average Bonchev–Trinajstić information content (AvgIpc) is 2.92. The molecule has 0 aromatic heterocycles. The molecule has 0 heterocycles. The van der Waals surface area contributed by atoms with Crippen molar-refractivity contribution in [2.45, 2.75) is 20.0 Å². The van der Waals surface area contributed by atoms with E-state index in [4.69, 9.17) is 21.1 Å². The van der Waals surface area contributed by atoms with Gasteiger partial charge < -0.3 is 19.5 Å². The lowest BCUT2D eigenvalue weighted by Gasteiger charge is -2.17. The van der Waals surface area contributed by atoms with Gasteiger partial charge in [-0.15, -0.1) is 6.58 Å². The Labute approximate surface area is 226 Å². The highest BCUT2D eigenvalue weighted by Crippen LogP contribution is 2.36. The first kappa shape index (κ1) is 28.0. The Hall–Kier alpha value is -4.54. The summed E-state index contributed by atoms with van der Waals surface area (Å²) in [7, 11) is 1.29. The molecule has 1 N–H and O–H groups in total. The molecule has 0 atom stereocenters. The van der Waals surface area contributed by atoms with E-state index in [1.165, 1.54) is 25.3 Å². The fraction of sp³-hybridized carbons (Fsp3) is 0.167. The summed E-state index contributed by atoms with van der Waals surface area (Å²) in [5.74, 6) is -0.0699. The number of carbonyl (C=O) groups excluding carboxylic acids is 2. The van der Waals surface area contributed by atoms with Gasteiger partial charge in [0.1, 0.15) is 18.2 Å². The van der Waals surface area contributed by atoms with Crippen molar-refractivity contribution in [3.05, 3.63) is 106 Å². The lowest BCUT2D eigenvalue weighted by molar-refractivity contribution is -0.112. The van der Waals surface area contributed by atoms with E-state index in [1.807, 2.05) is 37.3 Å². The molecular formula is C30H27ClN2O5. The number of allylic oxidation sites excluding steroid dienone is 1. The molecule has 3 rings (SSSR count). The number of methoxy groups -OCH3 is 1. The number of amides is 1. The summed E-state index contributed by atoms with van der Waals surface area (Å²) in [6.45, 7) is 6.31. The van der Waals surface area contributed by atoms with Gasteiger partial charge in [0.05, 0.1) is 19.3 Å². The number of rotatable bonds is 11. The molecule has 0 aliphatic heterocycles. The molecule has 0 bridgehead atoms. The lowest BCUT2D eigenvalue weighted by atomic mass is 10.0. The van der Waals surface area contributed by atoms with Crippen molar-refractivity contribution in [2.24, 2.45) is 0 Å². The van der Waals surface area contributed by atoms with Crippen LogP contribution in [0.25, 0.3) is 6.08 Å². The van der Waals surface area contributed by atoms with E-state index < -0.39 is 11.9 Å². The number of halogens is 1. The topological polar surface area (TPSA) is 97.7 Å². The molecule has 194 valence electrons. The van der Waals surface area contributed by atoms with Crippen LogP contribution in [0, 0.1) is 11.3 Å². The lowest BCUT2D eigenvalue weighted by Crippen LogP contribution is -2.13. The van der Waals surface area contributed by atoms with Crippen LogP contribution in [0.3, 0.4) is 0 Å². The Morgan fingerprint density at radius 3 is 2.45 bits per heavy atom. The van der Waals surface area contributed by atoms with Gasteiger partial charge in [-0.05, 0) is 67.4 Å². The van der Waals surface area contributed by atoms with E-state index in [9.17, 15) is 14.9 Å². The van der Waals surface area contributed by atoms with Crippen LogP contribution in [0.4, 0.5) is 5.69 Å². The second kappa shape index (κ2) is 13.7. The van der Waals surface area contributed by atoms with Crippen molar-refractivity contribution < 1.29 is 23.8 Å². The molecule has 7 nitrogen and oxygen atoms in total. The fourth-order valence-electron chi connectivity index (χ4n) is 3.59. The van der Waals surface area contributed by atoms with Gasteiger partial charge in [0.2, 0.25) is 0 Å². The van der Waals surface area contributed by atoms with Gasteiger partial charge in [-0.25, -0.2) is 4.79 Å². The number of nitrogens with zero attached hydrogens (tertiary/aromatic N) is 1. The first-order valence-corrected chi connectivity index (χ1v) is 12.2. The Bertz CT molecular complexity index is 1390. The van der Waals surface area contributed by atoms with Crippen LogP contribution >= 0.6 is 11.6 Å². The minimum atomic E-state index is -0.597. The smallest absolute Gasteiger partial charge is 0.337 e. The minimum Gasteiger partial charge on any atom is -0.490 e. The molecule has 0 unspecified atom stereocenters. The zero-order valence-electron chi connectivity index (χ0n) is 21.1. The summed E-state index contributed by atoms with van der Waals surface area (Å²) in [4.78, 5) is 24.4. The molecule has 8 heteroatoms. The zero-order chi connectivity index (χ0) is 27.5. The summed E-state index contributed by atoms with van der Waals surface area (Å²) in [5.41, 5.74) is 2.85. The first-order chi connectivity index (χ1) is 18.4.